The smallest absolute Gasteiger partial charge is 0.0559 e. The standard InChI is InChI=1S/C54H39N/c1-5-17-38(18-6-1)41-31-42(39-19-7-2-8-20-39)33-43(32-41)45-34-44(35-48(36-45)55(46-21-9-3-10-22-46)47-23-11-4-12-24-47)40-29-30-53-51-27-14-13-25-49(51)50-26-15-16-28-52(50)54(53)37-40/h1-23,25-37,47H,24H2. The van der Waals surface area contributed by atoms with Crippen LogP contribution < -0.4 is 4.90 Å². The van der Waals surface area contributed by atoms with Gasteiger partial charge in [0.15, 0.2) is 0 Å². The Morgan fingerprint density at radius 3 is 1.27 bits per heavy atom. The van der Waals surface area contributed by atoms with Crippen LogP contribution in [-0.4, -0.2) is 6.04 Å². The minimum atomic E-state index is 0.179. The topological polar surface area (TPSA) is 3.24 Å². The first-order valence-electron chi connectivity index (χ1n) is 19.2. The van der Waals surface area contributed by atoms with E-state index in [1.54, 1.807) is 0 Å². The zero-order valence-corrected chi connectivity index (χ0v) is 30.5. The first kappa shape index (κ1) is 32.7. The van der Waals surface area contributed by atoms with Crippen LogP contribution in [0.3, 0.4) is 0 Å². The van der Waals surface area contributed by atoms with Gasteiger partial charge in [0.25, 0.3) is 0 Å². The fraction of sp³-hybridized carbons (Fsp3) is 0.0370. The number of hydrogen-bond donors (Lipinski definition) is 0. The second-order valence-electron chi connectivity index (χ2n) is 14.5. The molecule has 1 aliphatic rings. The molecule has 9 aromatic carbocycles. The summed E-state index contributed by atoms with van der Waals surface area (Å²) in [7, 11) is 0. The van der Waals surface area contributed by atoms with Gasteiger partial charge in [0.05, 0.1) is 6.04 Å². The van der Waals surface area contributed by atoms with E-state index in [0.29, 0.717) is 0 Å². The fourth-order valence-electron chi connectivity index (χ4n) is 8.44. The summed E-state index contributed by atoms with van der Waals surface area (Å²) in [6.07, 6.45) is 9.88. The van der Waals surface area contributed by atoms with Gasteiger partial charge in [-0.15, -0.1) is 0 Å². The molecule has 1 aliphatic carbocycles. The lowest BCUT2D eigenvalue weighted by Crippen LogP contribution is -2.29. The molecule has 0 aliphatic heterocycles. The first-order chi connectivity index (χ1) is 27.3. The van der Waals surface area contributed by atoms with Gasteiger partial charge in [-0.1, -0.05) is 164 Å². The van der Waals surface area contributed by atoms with Crippen molar-refractivity contribution in [3.8, 4) is 44.5 Å². The van der Waals surface area contributed by atoms with Crippen LogP contribution in [0.5, 0.6) is 0 Å². The Labute approximate surface area is 322 Å². The minimum Gasteiger partial charge on any atom is -0.334 e. The maximum absolute atomic E-state index is 2.51. The van der Waals surface area contributed by atoms with Crippen LogP contribution in [0, 0.1) is 0 Å². The third-order valence-corrected chi connectivity index (χ3v) is 11.1. The maximum Gasteiger partial charge on any atom is 0.0559 e. The molecular formula is C54H39N. The van der Waals surface area contributed by atoms with Gasteiger partial charge in [-0.2, -0.15) is 0 Å². The van der Waals surface area contributed by atoms with Crippen molar-refractivity contribution in [1.82, 2.24) is 0 Å². The van der Waals surface area contributed by atoms with Crippen molar-refractivity contribution in [2.45, 2.75) is 12.5 Å². The van der Waals surface area contributed by atoms with Gasteiger partial charge in [-0.05, 0) is 138 Å². The highest BCUT2D eigenvalue weighted by molar-refractivity contribution is 6.25. The molecular weight excluding hydrogens is 663 g/mol. The van der Waals surface area contributed by atoms with Crippen LogP contribution >= 0.6 is 0 Å². The number of fused-ring (bicyclic) bond motifs is 6. The predicted octanol–water partition coefficient (Wildman–Crippen LogP) is 14.8. The van der Waals surface area contributed by atoms with Crippen molar-refractivity contribution in [1.29, 1.82) is 0 Å². The number of hydrogen-bond acceptors (Lipinski definition) is 1. The number of anilines is 2. The quantitative estimate of drug-likeness (QED) is 0.150. The van der Waals surface area contributed by atoms with Gasteiger partial charge in [0, 0.05) is 11.4 Å². The van der Waals surface area contributed by atoms with Crippen molar-refractivity contribution >= 4 is 43.7 Å². The largest absolute Gasteiger partial charge is 0.334 e. The zero-order chi connectivity index (χ0) is 36.6. The number of benzene rings is 9. The lowest BCUT2D eigenvalue weighted by atomic mass is 9.89. The lowest BCUT2D eigenvalue weighted by Gasteiger charge is -2.33. The summed E-state index contributed by atoms with van der Waals surface area (Å²) >= 11 is 0. The van der Waals surface area contributed by atoms with Crippen LogP contribution in [0.2, 0.25) is 0 Å². The van der Waals surface area contributed by atoms with E-state index in [-0.39, 0.29) is 6.04 Å². The van der Waals surface area contributed by atoms with Crippen LogP contribution in [0.1, 0.15) is 6.42 Å². The van der Waals surface area contributed by atoms with E-state index in [1.165, 1.54) is 88.2 Å². The molecule has 0 bridgehead atoms. The molecule has 1 atom stereocenters. The van der Waals surface area contributed by atoms with Gasteiger partial charge in [-0.3, -0.25) is 0 Å². The molecule has 0 saturated heterocycles. The molecule has 0 aromatic heterocycles. The molecule has 0 radical (unpaired) electrons. The van der Waals surface area contributed by atoms with Crippen LogP contribution in [0.15, 0.2) is 218 Å². The summed E-state index contributed by atoms with van der Waals surface area (Å²) in [4.78, 5) is 2.51. The summed E-state index contributed by atoms with van der Waals surface area (Å²) in [5, 5.41) is 7.70. The Morgan fingerprint density at radius 1 is 0.309 bits per heavy atom. The van der Waals surface area contributed by atoms with Crippen molar-refractivity contribution in [3.05, 3.63) is 218 Å². The van der Waals surface area contributed by atoms with Gasteiger partial charge in [0.1, 0.15) is 0 Å². The SMILES string of the molecule is C1=CCC(N(c2ccccc2)c2cc(-c3cc(-c4ccccc4)cc(-c4ccccc4)c3)cc(-c3ccc4c5ccccc5c5ccccc5c4c3)c2)C=C1. The molecule has 0 amide bonds. The Balaban J connectivity index is 1.23. The van der Waals surface area contributed by atoms with Gasteiger partial charge in [-0.25, -0.2) is 0 Å². The molecule has 0 N–H and O–H groups in total. The highest BCUT2D eigenvalue weighted by Crippen LogP contribution is 2.42. The third-order valence-electron chi connectivity index (χ3n) is 11.1. The number of para-hydroxylation sites is 1. The predicted molar refractivity (Wildman–Crippen MR) is 236 cm³/mol. The normalized spacial score (nSPS) is 13.8. The van der Waals surface area contributed by atoms with Gasteiger partial charge >= 0.3 is 0 Å². The fourth-order valence-corrected chi connectivity index (χ4v) is 8.44. The average molecular weight is 702 g/mol. The lowest BCUT2D eigenvalue weighted by molar-refractivity contribution is 0.785. The third kappa shape index (κ3) is 6.20. The molecule has 9 aromatic rings. The van der Waals surface area contributed by atoms with E-state index in [1.807, 2.05) is 0 Å². The molecule has 0 heterocycles. The first-order valence-corrected chi connectivity index (χ1v) is 19.2. The highest BCUT2D eigenvalue weighted by Gasteiger charge is 2.21. The summed E-state index contributed by atoms with van der Waals surface area (Å²) in [5.74, 6) is 0. The molecule has 1 nitrogen and oxygen atoms in total. The molecule has 260 valence electrons. The number of allylic oxidation sites excluding steroid dienone is 2. The van der Waals surface area contributed by atoms with Gasteiger partial charge < -0.3 is 4.90 Å². The zero-order valence-electron chi connectivity index (χ0n) is 30.5. The second-order valence-corrected chi connectivity index (χ2v) is 14.5. The average Bonchev–Trinajstić information content (AvgIpc) is 3.27. The van der Waals surface area contributed by atoms with Crippen molar-refractivity contribution < 1.29 is 0 Å². The van der Waals surface area contributed by atoms with E-state index in [2.05, 4.69) is 223 Å². The maximum atomic E-state index is 2.51. The minimum absolute atomic E-state index is 0.179. The summed E-state index contributed by atoms with van der Waals surface area (Å²) in [6, 6.07) is 71.5. The van der Waals surface area contributed by atoms with E-state index in [0.717, 1.165) is 6.42 Å². The van der Waals surface area contributed by atoms with Crippen molar-refractivity contribution in [2.75, 3.05) is 4.90 Å². The Hall–Kier alpha value is -6.96. The number of nitrogens with zero attached hydrogens (tertiary/aromatic N) is 1. The highest BCUT2D eigenvalue weighted by atomic mass is 15.2. The molecule has 10 rings (SSSR count). The van der Waals surface area contributed by atoms with Crippen LogP contribution in [0.4, 0.5) is 11.4 Å². The number of rotatable bonds is 7. The van der Waals surface area contributed by atoms with Crippen LogP contribution in [-0.2, 0) is 0 Å². The van der Waals surface area contributed by atoms with E-state index >= 15 is 0 Å². The van der Waals surface area contributed by atoms with Crippen molar-refractivity contribution in [3.63, 3.8) is 0 Å². The Bertz CT molecular complexity index is 2790. The summed E-state index contributed by atoms with van der Waals surface area (Å²) < 4.78 is 0. The molecule has 1 heteroatoms. The van der Waals surface area contributed by atoms with E-state index < -0.39 is 0 Å². The Kier molecular flexibility index (Phi) is 8.39. The van der Waals surface area contributed by atoms with E-state index in [9.17, 15) is 0 Å². The molecule has 55 heavy (non-hydrogen) atoms. The molecule has 0 saturated carbocycles. The summed E-state index contributed by atoms with van der Waals surface area (Å²) in [6.45, 7) is 0. The Morgan fingerprint density at radius 2 is 0.745 bits per heavy atom. The van der Waals surface area contributed by atoms with E-state index in [4.69, 9.17) is 0 Å². The van der Waals surface area contributed by atoms with Crippen LogP contribution in [0.25, 0.3) is 76.8 Å². The molecule has 0 spiro atoms. The monoisotopic (exact) mass is 701 g/mol. The molecule has 0 fully saturated rings. The second kappa shape index (κ2) is 14.1. The van der Waals surface area contributed by atoms with Gasteiger partial charge in [0.2, 0.25) is 0 Å². The molecule has 1 unspecified atom stereocenters. The summed E-state index contributed by atoms with van der Waals surface area (Å²) in [5.41, 5.74) is 11.9. The van der Waals surface area contributed by atoms with Crippen molar-refractivity contribution in [2.24, 2.45) is 0 Å².